The third kappa shape index (κ3) is 20.3. The maximum absolute atomic E-state index is 10.7. The molecule has 0 aliphatic heterocycles. The molecule has 0 aromatic heterocycles. The van der Waals surface area contributed by atoms with Crippen LogP contribution < -0.4 is 0 Å². The van der Waals surface area contributed by atoms with Gasteiger partial charge in [0.2, 0.25) is 0 Å². The molecule has 9 heavy (non-hydrogen) atoms. The molecule has 0 amide bonds. The van der Waals surface area contributed by atoms with Crippen LogP contribution in [0.2, 0.25) is 0 Å². The average molecular weight is 138 g/mol. The Morgan fingerprint density at radius 2 is 1.89 bits per heavy atom. The standard InChI is InChI=1S/C2H2F2O3.C2H2/c3-1(4)7-2(5)6;1-2/h1H,(H,5,6);1-2H. The van der Waals surface area contributed by atoms with Crippen LogP contribution in [0.4, 0.5) is 13.6 Å². The predicted molar refractivity (Wildman–Crippen MR) is 25.0 cm³/mol. The van der Waals surface area contributed by atoms with E-state index in [0.717, 1.165) is 0 Å². The van der Waals surface area contributed by atoms with Crippen molar-refractivity contribution in [2.45, 2.75) is 6.61 Å². The Balaban J connectivity index is 0. The second-order valence-electron chi connectivity index (χ2n) is 0.644. The van der Waals surface area contributed by atoms with E-state index >= 15 is 0 Å². The molecule has 0 spiro atoms. The summed E-state index contributed by atoms with van der Waals surface area (Å²) in [6.07, 6.45) is 6.04. The van der Waals surface area contributed by atoms with Crippen LogP contribution in [-0.2, 0) is 4.74 Å². The first-order valence-electron chi connectivity index (χ1n) is 1.64. The number of carbonyl (C=O) groups is 1. The molecular weight excluding hydrogens is 134 g/mol. The Morgan fingerprint density at radius 1 is 1.56 bits per heavy atom. The molecule has 0 unspecified atom stereocenters. The minimum Gasteiger partial charge on any atom is -0.450 e. The van der Waals surface area contributed by atoms with E-state index in [0.29, 0.717) is 0 Å². The van der Waals surface area contributed by atoms with Gasteiger partial charge in [-0.25, -0.2) is 4.79 Å². The number of carboxylic acid groups (broad SMARTS) is 1. The molecule has 1 N–H and O–H groups in total. The first kappa shape index (κ1) is 10.6. The van der Waals surface area contributed by atoms with Crippen molar-refractivity contribution in [3.05, 3.63) is 0 Å². The lowest BCUT2D eigenvalue weighted by molar-refractivity contribution is -0.0976. The molecule has 0 saturated heterocycles. The Bertz CT molecular complexity index is 99.2. The monoisotopic (exact) mass is 138 g/mol. The summed E-state index contributed by atoms with van der Waals surface area (Å²) in [6, 6.07) is 0. The highest BCUT2D eigenvalue weighted by Crippen LogP contribution is 1.92. The molecule has 0 radical (unpaired) electrons. The van der Waals surface area contributed by atoms with E-state index in [1.807, 2.05) is 0 Å². The first-order valence-corrected chi connectivity index (χ1v) is 1.64. The maximum atomic E-state index is 10.7. The molecule has 0 heterocycles. The van der Waals surface area contributed by atoms with E-state index in [1.165, 1.54) is 0 Å². The molecule has 0 aromatic rings. The fourth-order valence-electron chi connectivity index (χ4n) is 0.0762. The van der Waals surface area contributed by atoms with Gasteiger partial charge < -0.3 is 9.84 Å². The van der Waals surface area contributed by atoms with Gasteiger partial charge in [-0.2, -0.15) is 8.78 Å². The van der Waals surface area contributed by atoms with Gasteiger partial charge in [0.15, 0.2) is 0 Å². The van der Waals surface area contributed by atoms with E-state index in [9.17, 15) is 8.78 Å². The lowest BCUT2D eigenvalue weighted by Crippen LogP contribution is -2.04. The summed E-state index contributed by atoms with van der Waals surface area (Å²) in [5, 5.41) is 7.38. The normalized spacial score (nSPS) is 7.22. The van der Waals surface area contributed by atoms with Crippen molar-refractivity contribution in [2.24, 2.45) is 0 Å². The van der Waals surface area contributed by atoms with Gasteiger partial charge in [-0.3, -0.25) is 0 Å². The molecule has 52 valence electrons. The number of hydrogen-bond donors (Lipinski definition) is 1. The molecule has 3 nitrogen and oxygen atoms in total. The smallest absolute Gasteiger partial charge is 0.450 e. The fourth-order valence-corrected chi connectivity index (χ4v) is 0.0762. The van der Waals surface area contributed by atoms with Crippen LogP contribution in [0.3, 0.4) is 0 Å². The lowest BCUT2D eigenvalue weighted by atomic mass is 11.3. The molecule has 0 aromatic carbocycles. The molecule has 0 fully saturated rings. The van der Waals surface area contributed by atoms with Gasteiger partial charge in [-0.15, -0.1) is 12.8 Å². The Morgan fingerprint density at radius 3 is 1.89 bits per heavy atom. The Hall–Kier alpha value is -1.31. The van der Waals surface area contributed by atoms with Gasteiger partial charge in [0.25, 0.3) is 0 Å². The van der Waals surface area contributed by atoms with E-state index in [2.05, 4.69) is 17.6 Å². The van der Waals surface area contributed by atoms with E-state index < -0.39 is 12.8 Å². The zero-order valence-electron chi connectivity index (χ0n) is 4.25. The SMILES string of the molecule is C#C.O=C(O)OC(F)F. The summed E-state index contributed by atoms with van der Waals surface area (Å²) in [5.74, 6) is 0. The van der Waals surface area contributed by atoms with Crippen molar-refractivity contribution in [1.29, 1.82) is 0 Å². The summed E-state index contributed by atoms with van der Waals surface area (Å²) >= 11 is 0. The third-order valence-electron chi connectivity index (χ3n) is 0.190. The molecule has 0 rings (SSSR count). The highest BCUT2D eigenvalue weighted by atomic mass is 19.3. The van der Waals surface area contributed by atoms with Crippen LogP contribution >= 0.6 is 0 Å². The molecule has 0 bridgehead atoms. The zero-order valence-corrected chi connectivity index (χ0v) is 4.25. The van der Waals surface area contributed by atoms with Crippen molar-refractivity contribution in [1.82, 2.24) is 0 Å². The van der Waals surface area contributed by atoms with Crippen LogP contribution in [0.1, 0.15) is 0 Å². The Kier molecular flexibility index (Phi) is 7.90. The molecule has 0 saturated carbocycles. The summed E-state index contributed by atoms with van der Waals surface area (Å²) in [5.41, 5.74) is 0. The fraction of sp³-hybridized carbons (Fsp3) is 0.250. The van der Waals surface area contributed by atoms with E-state index in [4.69, 9.17) is 9.90 Å². The van der Waals surface area contributed by atoms with Crippen molar-refractivity contribution in [3.63, 3.8) is 0 Å². The summed E-state index contributed by atoms with van der Waals surface area (Å²) < 4.78 is 24.2. The minimum absolute atomic E-state index is 1.96. The van der Waals surface area contributed by atoms with Gasteiger partial charge >= 0.3 is 12.8 Å². The van der Waals surface area contributed by atoms with Gasteiger partial charge in [0, 0.05) is 0 Å². The minimum atomic E-state index is -3.22. The first-order chi connectivity index (χ1) is 4.13. The van der Waals surface area contributed by atoms with Crippen LogP contribution in [0.25, 0.3) is 0 Å². The largest absolute Gasteiger partial charge is 0.510 e. The van der Waals surface area contributed by atoms with Crippen molar-refractivity contribution in [3.8, 4) is 12.8 Å². The lowest BCUT2D eigenvalue weighted by Gasteiger charge is -1.92. The number of alkyl halides is 2. The zero-order chi connectivity index (χ0) is 7.86. The molecule has 0 aliphatic carbocycles. The number of hydrogen-bond acceptors (Lipinski definition) is 2. The van der Waals surface area contributed by atoms with Crippen molar-refractivity contribution in [2.75, 3.05) is 0 Å². The number of terminal acetylenes is 1. The van der Waals surface area contributed by atoms with E-state index in [-0.39, 0.29) is 0 Å². The quantitative estimate of drug-likeness (QED) is 0.436. The molecule has 0 atom stereocenters. The third-order valence-corrected chi connectivity index (χ3v) is 0.190. The van der Waals surface area contributed by atoms with Crippen molar-refractivity contribution >= 4 is 6.16 Å². The maximum Gasteiger partial charge on any atom is 0.510 e. The van der Waals surface area contributed by atoms with Crippen LogP contribution in [-0.4, -0.2) is 17.9 Å². The van der Waals surface area contributed by atoms with Gasteiger partial charge in [-0.1, -0.05) is 0 Å². The highest BCUT2D eigenvalue weighted by molar-refractivity contribution is 5.56. The summed E-state index contributed by atoms with van der Waals surface area (Å²) in [4.78, 5) is 9.11. The van der Waals surface area contributed by atoms with Crippen molar-refractivity contribution < 1.29 is 23.4 Å². The van der Waals surface area contributed by atoms with E-state index in [1.54, 1.807) is 0 Å². The average Bonchev–Trinajstić information content (AvgIpc) is 1.68. The molecule has 0 aliphatic rings. The van der Waals surface area contributed by atoms with Gasteiger partial charge in [0.1, 0.15) is 0 Å². The summed E-state index contributed by atoms with van der Waals surface area (Å²) in [6.45, 7) is -3.22. The van der Waals surface area contributed by atoms with Crippen LogP contribution in [0.15, 0.2) is 0 Å². The molecular formula is C4H4F2O3. The van der Waals surface area contributed by atoms with Gasteiger partial charge in [-0.05, 0) is 0 Å². The number of ether oxygens (including phenoxy) is 1. The summed E-state index contributed by atoms with van der Waals surface area (Å²) in [7, 11) is 0. The topological polar surface area (TPSA) is 46.5 Å². The van der Waals surface area contributed by atoms with Gasteiger partial charge in [0.05, 0.1) is 0 Å². The number of rotatable bonds is 1. The second-order valence-corrected chi connectivity index (χ2v) is 0.644. The predicted octanol–water partition coefficient (Wildman–Crippen LogP) is 1.15. The Labute approximate surface area is 50.2 Å². The second kappa shape index (κ2) is 6.69. The highest BCUT2D eigenvalue weighted by Gasteiger charge is 2.05. The number of halogens is 2. The van der Waals surface area contributed by atoms with Crippen LogP contribution in [0.5, 0.6) is 0 Å². The molecule has 5 heteroatoms. The van der Waals surface area contributed by atoms with Crippen LogP contribution in [0, 0.1) is 12.8 Å².